The molecule has 0 heterocycles. The van der Waals surface area contributed by atoms with Gasteiger partial charge in [-0.05, 0) is 30.3 Å². The summed E-state index contributed by atoms with van der Waals surface area (Å²) in [5.41, 5.74) is 0.516. The summed E-state index contributed by atoms with van der Waals surface area (Å²) in [5, 5.41) is 2.92. The number of hydrogen-bond acceptors (Lipinski definition) is 5. The Morgan fingerprint density at radius 2 is 1.86 bits per heavy atom. The van der Waals surface area contributed by atoms with Gasteiger partial charge in [0.25, 0.3) is 5.91 Å². The van der Waals surface area contributed by atoms with E-state index in [-0.39, 0.29) is 17.7 Å². The van der Waals surface area contributed by atoms with Crippen molar-refractivity contribution in [3.8, 4) is 5.75 Å². The van der Waals surface area contributed by atoms with Crippen molar-refractivity contribution < 1.29 is 24.2 Å². The van der Waals surface area contributed by atoms with Crippen molar-refractivity contribution in [2.75, 3.05) is 11.9 Å². The van der Waals surface area contributed by atoms with Gasteiger partial charge in [-0.15, -0.1) is 0 Å². The Morgan fingerprint density at radius 1 is 1.14 bits per heavy atom. The number of ether oxygens (including phenoxy) is 1. The minimum absolute atomic E-state index is 0.0320. The standard InChI is InChI=1S/C14H13ClNO5P/c15-10-4-3-5-11(8-10)16-14(17)9-21-12-6-1-2-7-13(12)22(18,19)20/h1-8,18-20H,9H2/p+1. The van der Waals surface area contributed by atoms with Crippen molar-refractivity contribution in [3.05, 3.63) is 53.6 Å². The van der Waals surface area contributed by atoms with E-state index >= 15 is 0 Å². The zero-order chi connectivity index (χ0) is 16.2. The molecule has 1 amide bonds. The van der Waals surface area contributed by atoms with Gasteiger partial charge in [0.05, 0.1) is 0 Å². The second-order valence-electron chi connectivity index (χ2n) is 4.38. The van der Waals surface area contributed by atoms with Gasteiger partial charge in [-0.2, -0.15) is 14.7 Å². The second kappa shape index (κ2) is 7.05. The number of carbonyl (C=O) groups is 1. The lowest BCUT2D eigenvalue weighted by atomic mass is 10.3. The molecule has 0 unspecified atom stereocenters. The number of benzene rings is 2. The Balaban J connectivity index is 2.00. The van der Waals surface area contributed by atoms with Crippen LogP contribution in [0, 0.1) is 0 Å². The summed E-state index contributed by atoms with van der Waals surface area (Å²) in [5.74, 6) is -0.417. The van der Waals surface area contributed by atoms with E-state index in [1.165, 1.54) is 18.2 Å². The molecule has 0 fully saturated rings. The van der Waals surface area contributed by atoms with E-state index in [4.69, 9.17) is 16.3 Å². The molecule has 0 bridgehead atoms. The minimum Gasteiger partial charge on any atom is -0.479 e. The van der Waals surface area contributed by atoms with E-state index < -0.39 is 13.9 Å². The van der Waals surface area contributed by atoms with Crippen LogP contribution < -0.4 is 15.4 Å². The van der Waals surface area contributed by atoms with Gasteiger partial charge in [-0.25, -0.2) is 0 Å². The Bertz CT molecular complexity index is 674. The third kappa shape index (κ3) is 4.66. The highest BCUT2D eigenvalue weighted by Gasteiger charge is 2.37. The van der Waals surface area contributed by atoms with Gasteiger partial charge in [0.2, 0.25) is 5.30 Å². The zero-order valence-electron chi connectivity index (χ0n) is 11.3. The number of hydrogen-bond donors (Lipinski definition) is 4. The molecule has 6 nitrogen and oxygen atoms in total. The molecule has 2 aromatic rings. The number of amides is 1. The maximum absolute atomic E-state index is 11.8. The summed E-state index contributed by atoms with van der Waals surface area (Å²) in [6.45, 7) is -0.358. The van der Waals surface area contributed by atoms with Gasteiger partial charge in [-0.1, -0.05) is 29.8 Å². The topological polar surface area (TPSA) is 99.0 Å². The van der Waals surface area contributed by atoms with Gasteiger partial charge in [0, 0.05) is 10.7 Å². The van der Waals surface area contributed by atoms with Crippen LogP contribution in [0.2, 0.25) is 5.02 Å². The maximum atomic E-state index is 11.8. The molecule has 116 valence electrons. The number of nitrogens with one attached hydrogen (secondary N) is 1. The molecule has 0 spiro atoms. The highest BCUT2D eigenvalue weighted by atomic mass is 35.5. The fraction of sp³-hybridized carbons (Fsp3) is 0.0714. The highest BCUT2D eigenvalue weighted by Crippen LogP contribution is 2.45. The van der Waals surface area contributed by atoms with Gasteiger partial charge >= 0.3 is 7.94 Å². The summed E-state index contributed by atoms with van der Waals surface area (Å²) < 4.78 is 5.23. The van der Waals surface area contributed by atoms with Gasteiger partial charge in [0.1, 0.15) is 0 Å². The Labute approximate surface area is 132 Å². The predicted octanol–water partition coefficient (Wildman–Crippen LogP) is 1.72. The SMILES string of the molecule is O=C(COc1ccccc1[P+](O)(O)O)Nc1cccc(Cl)c1. The number of halogens is 1. The lowest BCUT2D eigenvalue weighted by Gasteiger charge is -2.11. The quantitative estimate of drug-likeness (QED) is 0.620. The van der Waals surface area contributed by atoms with Crippen LogP contribution in [0.1, 0.15) is 0 Å². The number of para-hydroxylation sites is 1. The van der Waals surface area contributed by atoms with Crippen molar-refractivity contribution >= 4 is 36.4 Å². The lowest BCUT2D eigenvalue weighted by molar-refractivity contribution is -0.118. The van der Waals surface area contributed by atoms with Crippen molar-refractivity contribution in [2.45, 2.75) is 0 Å². The van der Waals surface area contributed by atoms with Crippen molar-refractivity contribution in [2.24, 2.45) is 0 Å². The van der Waals surface area contributed by atoms with E-state index in [9.17, 15) is 19.5 Å². The van der Waals surface area contributed by atoms with E-state index in [1.807, 2.05) is 0 Å². The largest absolute Gasteiger partial charge is 0.479 e. The minimum atomic E-state index is -4.21. The molecule has 0 aliphatic carbocycles. The summed E-state index contributed by atoms with van der Waals surface area (Å²) >= 11 is 5.81. The molecule has 22 heavy (non-hydrogen) atoms. The van der Waals surface area contributed by atoms with E-state index in [0.717, 1.165) is 0 Å². The smallest absolute Gasteiger partial charge is 0.444 e. The van der Waals surface area contributed by atoms with Crippen LogP contribution >= 0.6 is 19.5 Å². The van der Waals surface area contributed by atoms with Gasteiger partial charge in [0.15, 0.2) is 12.4 Å². The second-order valence-corrected chi connectivity index (χ2v) is 6.44. The van der Waals surface area contributed by atoms with Crippen LogP contribution in [0.4, 0.5) is 5.69 Å². The average molecular weight is 343 g/mol. The first-order valence-corrected chi connectivity index (χ1v) is 8.24. The van der Waals surface area contributed by atoms with Crippen LogP contribution in [0.25, 0.3) is 0 Å². The highest BCUT2D eigenvalue weighted by molar-refractivity contribution is 7.67. The Morgan fingerprint density at radius 3 is 2.55 bits per heavy atom. The van der Waals surface area contributed by atoms with Crippen molar-refractivity contribution in [3.63, 3.8) is 0 Å². The van der Waals surface area contributed by atoms with Crippen molar-refractivity contribution in [1.29, 1.82) is 0 Å². The van der Waals surface area contributed by atoms with E-state index in [0.29, 0.717) is 10.7 Å². The molecule has 4 N–H and O–H groups in total. The summed E-state index contributed by atoms with van der Waals surface area (Å²) in [4.78, 5) is 39.8. The lowest BCUT2D eigenvalue weighted by Crippen LogP contribution is -2.23. The molecule has 8 heteroatoms. The number of rotatable bonds is 5. The van der Waals surface area contributed by atoms with Crippen LogP contribution in [0.15, 0.2) is 48.5 Å². The van der Waals surface area contributed by atoms with Crippen molar-refractivity contribution in [1.82, 2.24) is 0 Å². The monoisotopic (exact) mass is 342 g/mol. The third-order valence-corrected chi connectivity index (χ3v) is 3.91. The number of anilines is 1. The molecule has 0 saturated heterocycles. The third-order valence-electron chi connectivity index (χ3n) is 2.66. The van der Waals surface area contributed by atoms with Crippen LogP contribution in [0.5, 0.6) is 5.75 Å². The fourth-order valence-corrected chi connectivity index (χ4v) is 2.64. The van der Waals surface area contributed by atoms with Crippen LogP contribution in [-0.2, 0) is 4.79 Å². The Hall–Kier alpha value is -1.69. The fourth-order valence-electron chi connectivity index (χ4n) is 1.73. The molecule has 0 aliphatic heterocycles. The maximum Gasteiger partial charge on any atom is 0.444 e. The molecule has 0 atom stereocenters. The summed E-state index contributed by atoms with van der Waals surface area (Å²) in [7, 11) is -4.21. The average Bonchev–Trinajstić information content (AvgIpc) is 2.44. The molecular formula is C14H14ClNO5P+. The predicted molar refractivity (Wildman–Crippen MR) is 85.2 cm³/mol. The molecule has 2 rings (SSSR count). The van der Waals surface area contributed by atoms with Gasteiger partial charge in [-0.3, -0.25) is 4.79 Å². The first-order valence-electron chi connectivity index (χ1n) is 6.21. The van der Waals surface area contributed by atoms with E-state index in [2.05, 4.69) is 5.32 Å². The molecular weight excluding hydrogens is 329 g/mol. The zero-order valence-corrected chi connectivity index (χ0v) is 13.0. The van der Waals surface area contributed by atoms with Gasteiger partial charge < -0.3 is 10.1 Å². The first-order chi connectivity index (χ1) is 10.4. The number of carbonyl (C=O) groups excluding carboxylic acids is 1. The summed E-state index contributed by atoms with van der Waals surface area (Å²) in [6.07, 6.45) is 0. The molecule has 2 aromatic carbocycles. The van der Waals surface area contributed by atoms with Crippen LogP contribution in [0.3, 0.4) is 0 Å². The molecule has 0 aromatic heterocycles. The molecule has 0 aliphatic rings. The normalized spacial score (nSPS) is 11.1. The Kier molecular flexibility index (Phi) is 5.34. The summed E-state index contributed by atoms with van der Waals surface area (Å²) in [6, 6.07) is 12.5. The first kappa shape index (κ1) is 16.7. The molecule has 0 radical (unpaired) electrons. The molecule has 0 saturated carbocycles. The van der Waals surface area contributed by atoms with Crippen LogP contribution in [-0.4, -0.2) is 27.2 Å². The van der Waals surface area contributed by atoms with E-state index in [1.54, 1.807) is 30.3 Å².